The van der Waals surface area contributed by atoms with Crippen molar-refractivity contribution in [3.63, 3.8) is 0 Å². The first-order valence-corrected chi connectivity index (χ1v) is 6.56. The highest BCUT2D eigenvalue weighted by atomic mass is 16.5. The zero-order valence-corrected chi connectivity index (χ0v) is 12.2. The summed E-state index contributed by atoms with van der Waals surface area (Å²) >= 11 is 0. The van der Waals surface area contributed by atoms with Gasteiger partial charge in [-0.05, 0) is 19.1 Å². The van der Waals surface area contributed by atoms with Gasteiger partial charge in [0, 0.05) is 26.4 Å². The van der Waals surface area contributed by atoms with Crippen LogP contribution in [-0.2, 0) is 4.74 Å². The molecular weight excluding hydrogens is 272 g/mol. The van der Waals surface area contributed by atoms with Crippen LogP contribution in [0.2, 0.25) is 0 Å². The first-order chi connectivity index (χ1) is 10.1. The summed E-state index contributed by atoms with van der Waals surface area (Å²) in [7, 11) is 3.13. The maximum absolute atomic E-state index is 12.1. The largest absolute Gasteiger partial charge is 0.383 e. The van der Waals surface area contributed by atoms with Gasteiger partial charge in [0.25, 0.3) is 11.8 Å². The molecule has 21 heavy (non-hydrogen) atoms. The molecule has 0 radical (unpaired) electrons. The first kappa shape index (κ1) is 15.0. The van der Waals surface area contributed by atoms with Crippen LogP contribution in [0.1, 0.15) is 27.9 Å². The van der Waals surface area contributed by atoms with Crippen LogP contribution >= 0.6 is 0 Å². The van der Waals surface area contributed by atoms with E-state index in [0.717, 1.165) is 0 Å². The molecule has 1 atom stereocenters. The third-order valence-electron chi connectivity index (χ3n) is 2.98. The molecular formula is C14H18N4O3. The van der Waals surface area contributed by atoms with E-state index in [-0.39, 0.29) is 23.6 Å². The van der Waals surface area contributed by atoms with E-state index in [4.69, 9.17) is 4.74 Å². The predicted octanol–water partition coefficient (Wildman–Crippen LogP) is 0.459. The summed E-state index contributed by atoms with van der Waals surface area (Å²) < 4.78 is 6.56. The Balaban J connectivity index is 2.30. The Morgan fingerprint density at radius 3 is 2.81 bits per heavy atom. The molecule has 2 N–H and O–H groups in total. The van der Waals surface area contributed by atoms with Crippen molar-refractivity contribution in [2.45, 2.75) is 13.0 Å². The molecule has 0 aliphatic carbocycles. The lowest BCUT2D eigenvalue weighted by Crippen LogP contribution is -2.35. The Bertz CT molecular complexity index is 665. The second kappa shape index (κ2) is 6.36. The van der Waals surface area contributed by atoms with E-state index in [1.807, 2.05) is 6.92 Å². The van der Waals surface area contributed by atoms with Crippen LogP contribution in [0.25, 0.3) is 5.65 Å². The molecule has 0 aliphatic rings. The number of nitrogens with zero attached hydrogens (tertiary/aromatic N) is 2. The van der Waals surface area contributed by atoms with Gasteiger partial charge in [-0.2, -0.15) is 0 Å². The number of ether oxygens (including phenoxy) is 1. The number of fused-ring (bicyclic) bond motifs is 1. The lowest BCUT2D eigenvalue weighted by atomic mass is 10.3. The Morgan fingerprint density at radius 1 is 1.38 bits per heavy atom. The van der Waals surface area contributed by atoms with Gasteiger partial charge in [0.1, 0.15) is 17.0 Å². The summed E-state index contributed by atoms with van der Waals surface area (Å²) in [6, 6.07) is 5.01. The van der Waals surface area contributed by atoms with Gasteiger partial charge in [-0.1, -0.05) is 6.07 Å². The molecule has 0 aliphatic heterocycles. The standard InChI is InChI=1S/C14H18N4O3/c1-9(8-21-3)16-13(19)10-7-18-11(14(20)15-2)5-4-6-12(18)17-10/h4-7,9H,8H2,1-3H3,(H,15,20)(H,16,19). The topological polar surface area (TPSA) is 84.7 Å². The molecule has 1 unspecified atom stereocenters. The molecule has 112 valence electrons. The molecule has 7 nitrogen and oxygen atoms in total. The van der Waals surface area contributed by atoms with Crippen LogP contribution in [0, 0.1) is 0 Å². The second-order valence-electron chi connectivity index (χ2n) is 4.67. The van der Waals surface area contributed by atoms with E-state index in [1.54, 1.807) is 43.0 Å². The average molecular weight is 290 g/mol. The van der Waals surface area contributed by atoms with E-state index >= 15 is 0 Å². The minimum atomic E-state index is -0.300. The van der Waals surface area contributed by atoms with E-state index in [1.165, 1.54) is 0 Å². The van der Waals surface area contributed by atoms with Gasteiger partial charge in [-0.3, -0.25) is 14.0 Å². The molecule has 2 rings (SSSR count). The van der Waals surface area contributed by atoms with Crippen molar-refractivity contribution in [1.82, 2.24) is 20.0 Å². The number of carbonyl (C=O) groups excluding carboxylic acids is 2. The molecule has 7 heteroatoms. The van der Waals surface area contributed by atoms with Crippen LogP contribution < -0.4 is 10.6 Å². The van der Waals surface area contributed by atoms with Gasteiger partial charge in [-0.25, -0.2) is 4.98 Å². The number of carbonyl (C=O) groups is 2. The normalized spacial score (nSPS) is 12.1. The lowest BCUT2D eigenvalue weighted by molar-refractivity contribution is 0.0899. The van der Waals surface area contributed by atoms with Crippen molar-refractivity contribution in [1.29, 1.82) is 0 Å². The average Bonchev–Trinajstić information content (AvgIpc) is 2.90. The summed E-state index contributed by atoms with van der Waals surface area (Å²) in [5.74, 6) is -0.538. The number of rotatable bonds is 5. The van der Waals surface area contributed by atoms with Gasteiger partial charge in [-0.15, -0.1) is 0 Å². The Morgan fingerprint density at radius 2 is 2.14 bits per heavy atom. The van der Waals surface area contributed by atoms with Gasteiger partial charge in [0.05, 0.1) is 6.61 Å². The van der Waals surface area contributed by atoms with Gasteiger partial charge >= 0.3 is 0 Å². The quantitative estimate of drug-likeness (QED) is 0.837. The first-order valence-electron chi connectivity index (χ1n) is 6.56. The Labute approximate surface area is 122 Å². The van der Waals surface area contributed by atoms with Crippen LogP contribution in [0.3, 0.4) is 0 Å². The maximum atomic E-state index is 12.1. The van der Waals surface area contributed by atoms with Crippen LogP contribution in [-0.4, -0.2) is 48.0 Å². The molecule has 2 amide bonds. The fourth-order valence-corrected chi connectivity index (χ4v) is 2.02. The van der Waals surface area contributed by atoms with E-state index in [2.05, 4.69) is 15.6 Å². The minimum absolute atomic E-state index is 0.120. The zero-order chi connectivity index (χ0) is 15.4. The van der Waals surface area contributed by atoms with Crippen LogP contribution in [0.15, 0.2) is 24.4 Å². The summed E-state index contributed by atoms with van der Waals surface area (Å²) in [4.78, 5) is 28.1. The number of amides is 2. The molecule has 0 aromatic carbocycles. The number of aromatic nitrogens is 2. The molecule has 2 aromatic rings. The third kappa shape index (κ3) is 3.19. The molecule has 0 bridgehead atoms. The van der Waals surface area contributed by atoms with Crippen molar-refractivity contribution in [3.8, 4) is 0 Å². The van der Waals surface area contributed by atoms with Crippen molar-refractivity contribution < 1.29 is 14.3 Å². The lowest BCUT2D eigenvalue weighted by Gasteiger charge is -2.10. The summed E-state index contributed by atoms with van der Waals surface area (Å²) in [6.45, 7) is 2.26. The highest BCUT2D eigenvalue weighted by Crippen LogP contribution is 2.09. The maximum Gasteiger partial charge on any atom is 0.271 e. The number of hydrogen-bond acceptors (Lipinski definition) is 4. The van der Waals surface area contributed by atoms with Crippen LogP contribution in [0.4, 0.5) is 0 Å². The summed E-state index contributed by atoms with van der Waals surface area (Å²) in [5, 5.41) is 5.34. The molecule has 2 heterocycles. The highest BCUT2D eigenvalue weighted by Gasteiger charge is 2.16. The fourth-order valence-electron chi connectivity index (χ4n) is 2.02. The van der Waals surface area contributed by atoms with E-state index in [0.29, 0.717) is 17.9 Å². The number of pyridine rings is 1. The van der Waals surface area contributed by atoms with Crippen LogP contribution in [0.5, 0.6) is 0 Å². The van der Waals surface area contributed by atoms with Crippen molar-refractivity contribution in [2.75, 3.05) is 20.8 Å². The Hall–Kier alpha value is -2.41. The minimum Gasteiger partial charge on any atom is -0.383 e. The monoisotopic (exact) mass is 290 g/mol. The van der Waals surface area contributed by atoms with Gasteiger partial charge in [0.2, 0.25) is 0 Å². The SMILES string of the molecule is CNC(=O)c1cccc2nc(C(=O)NC(C)COC)cn12. The molecule has 0 fully saturated rings. The molecule has 2 aromatic heterocycles. The predicted molar refractivity (Wildman–Crippen MR) is 77.4 cm³/mol. The summed E-state index contributed by atoms with van der Waals surface area (Å²) in [6.07, 6.45) is 1.55. The molecule has 0 saturated carbocycles. The van der Waals surface area contributed by atoms with E-state index < -0.39 is 0 Å². The number of nitrogens with one attached hydrogen (secondary N) is 2. The summed E-state index contributed by atoms with van der Waals surface area (Å²) in [5.41, 5.74) is 1.22. The number of methoxy groups -OCH3 is 1. The molecule has 0 spiro atoms. The second-order valence-corrected chi connectivity index (χ2v) is 4.67. The van der Waals surface area contributed by atoms with E-state index in [9.17, 15) is 9.59 Å². The van der Waals surface area contributed by atoms with Gasteiger partial charge in [0.15, 0.2) is 0 Å². The smallest absolute Gasteiger partial charge is 0.271 e. The van der Waals surface area contributed by atoms with Crippen molar-refractivity contribution >= 4 is 17.5 Å². The number of hydrogen-bond donors (Lipinski definition) is 2. The fraction of sp³-hybridized carbons (Fsp3) is 0.357. The zero-order valence-electron chi connectivity index (χ0n) is 12.2. The third-order valence-corrected chi connectivity index (χ3v) is 2.98. The van der Waals surface area contributed by atoms with Crippen molar-refractivity contribution in [3.05, 3.63) is 35.8 Å². The Kier molecular flexibility index (Phi) is 4.54. The highest BCUT2D eigenvalue weighted by molar-refractivity contribution is 5.95. The number of imidazole rings is 1. The van der Waals surface area contributed by atoms with Gasteiger partial charge < -0.3 is 15.4 Å². The van der Waals surface area contributed by atoms with Crippen molar-refractivity contribution in [2.24, 2.45) is 0 Å². The molecule has 0 saturated heterocycles.